The van der Waals surface area contributed by atoms with E-state index in [9.17, 15) is 14.7 Å². The highest BCUT2D eigenvalue weighted by Crippen LogP contribution is 2.30. The Morgan fingerprint density at radius 1 is 1.29 bits per heavy atom. The summed E-state index contributed by atoms with van der Waals surface area (Å²) in [6, 6.07) is 0. The molecule has 0 bridgehead atoms. The molecule has 0 aromatic rings. The molecule has 0 unspecified atom stereocenters. The van der Waals surface area contributed by atoms with Crippen LogP contribution in [-0.4, -0.2) is 18.5 Å². The molecule has 0 N–H and O–H groups in total. The number of aliphatic carboxylic acids is 1. The van der Waals surface area contributed by atoms with Crippen molar-refractivity contribution in [3.63, 3.8) is 0 Å². The molecule has 4 nitrogen and oxygen atoms in total. The second-order valence-electron chi connectivity index (χ2n) is 3.57. The first-order valence-electron chi connectivity index (χ1n) is 5.04. The Hall–Kier alpha value is -1.06. The van der Waals surface area contributed by atoms with Crippen LogP contribution in [0.1, 0.15) is 32.6 Å². The molecule has 0 saturated heterocycles. The van der Waals surface area contributed by atoms with Crippen LogP contribution < -0.4 is 5.11 Å². The summed E-state index contributed by atoms with van der Waals surface area (Å²) in [5.41, 5.74) is 0. The molecule has 14 heavy (non-hydrogen) atoms. The van der Waals surface area contributed by atoms with Gasteiger partial charge in [0.05, 0.1) is 12.5 Å². The van der Waals surface area contributed by atoms with Gasteiger partial charge in [-0.05, 0) is 19.8 Å². The van der Waals surface area contributed by atoms with E-state index in [-0.39, 0.29) is 5.97 Å². The summed E-state index contributed by atoms with van der Waals surface area (Å²) in [5, 5.41) is 10.8. The molecule has 1 aliphatic carbocycles. The number of esters is 1. The van der Waals surface area contributed by atoms with Gasteiger partial charge in [0, 0.05) is 11.9 Å². The van der Waals surface area contributed by atoms with E-state index in [4.69, 9.17) is 4.74 Å². The van der Waals surface area contributed by atoms with Crippen molar-refractivity contribution in [2.45, 2.75) is 32.6 Å². The second-order valence-corrected chi connectivity index (χ2v) is 3.57. The number of carbonyl (C=O) groups is 2. The number of carboxylic acid groups (broad SMARTS) is 1. The maximum atomic E-state index is 11.4. The average Bonchev–Trinajstić information content (AvgIpc) is 2.18. The van der Waals surface area contributed by atoms with Crippen molar-refractivity contribution >= 4 is 11.9 Å². The molecule has 80 valence electrons. The molecule has 1 aliphatic rings. The number of carboxylic acids is 1. The molecular formula is C10H15O4-. The van der Waals surface area contributed by atoms with Crippen LogP contribution in [0.15, 0.2) is 0 Å². The summed E-state index contributed by atoms with van der Waals surface area (Å²) < 4.78 is 4.83. The third-order valence-corrected chi connectivity index (χ3v) is 2.66. The lowest BCUT2D eigenvalue weighted by molar-refractivity contribution is -0.314. The van der Waals surface area contributed by atoms with Crippen LogP contribution in [0.2, 0.25) is 0 Å². The molecule has 0 spiro atoms. The van der Waals surface area contributed by atoms with E-state index in [1.807, 2.05) is 0 Å². The lowest BCUT2D eigenvalue weighted by Gasteiger charge is -2.30. The fourth-order valence-electron chi connectivity index (χ4n) is 1.94. The predicted octanol–water partition coefficient (Wildman–Crippen LogP) is 0.106. The van der Waals surface area contributed by atoms with Gasteiger partial charge in [-0.3, -0.25) is 4.79 Å². The first-order chi connectivity index (χ1) is 6.66. The molecule has 0 heterocycles. The fraction of sp³-hybridized carbons (Fsp3) is 0.800. The zero-order chi connectivity index (χ0) is 10.6. The van der Waals surface area contributed by atoms with E-state index < -0.39 is 17.8 Å². The molecule has 1 saturated carbocycles. The van der Waals surface area contributed by atoms with Crippen molar-refractivity contribution in [2.24, 2.45) is 11.8 Å². The van der Waals surface area contributed by atoms with Gasteiger partial charge in [-0.2, -0.15) is 0 Å². The molecule has 1 fully saturated rings. The largest absolute Gasteiger partial charge is 0.550 e. The molecule has 0 aromatic carbocycles. The Kier molecular flexibility index (Phi) is 3.92. The van der Waals surface area contributed by atoms with Crippen LogP contribution in [0.4, 0.5) is 0 Å². The molecular weight excluding hydrogens is 184 g/mol. The fourth-order valence-corrected chi connectivity index (χ4v) is 1.94. The van der Waals surface area contributed by atoms with E-state index in [0.29, 0.717) is 19.4 Å². The van der Waals surface area contributed by atoms with Gasteiger partial charge in [0.2, 0.25) is 0 Å². The van der Waals surface area contributed by atoms with Gasteiger partial charge in [-0.1, -0.05) is 12.8 Å². The van der Waals surface area contributed by atoms with Crippen molar-refractivity contribution in [1.29, 1.82) is 0 Å². The summed E-state index contributed by atoms with van der Waals surface area (Å²) in [6.45, 7) is 2.02. The van der Waals surface area contributed by atoms with E-state index in [1.54, 1.807) is 6.92 Å². The van der Waals surface area contributed by atoms with E-state index in [2.05, 4.69) is 0 Å². The smallest absolute Gasteiger partial charge is 0.309 e. The quantitative estimate of drug-likeness (QED) is 0.605. The standard InChI is InChI=1S/C10H16O4/c1-2-14-10(13)8-6-4-3-5-7(8)9(11)12/h7-8H,2-6H2,1H3,(H,11,12)/p-1/t7-,8+/m1/s1. The van der Waals surface area contributed by atoms with Crippen LogP contribution >= 0.6 is 0 Å². The number of rotatable bonds is 3. The van der Waals surface area contributed by atoms with Crippen LogP contribution in [-0.2, 0) is 14.3 Å². The highest BCUT2D eigenvalue weighted by molar-refractivity contribution is 5.80. The minimum absolute atomic E-state index is 0.301. The normalized spacial score (nSPS) is 26.9. The number of ether oxygens (including phenoxy) is 1. The Morgan fingerprint density at radius 2 is 1.86 bits per heavy atom. The van der Waals surface area contributed by atoms with Crippen molar-refractivity contribution in [3.05, 3.63) is 0 Å². The van der Waals surface area contributed by atoms with Crippen LogP contribution in [0.25, 0.3) is 0 Å². The topological polar surface area (TPSA) is 66.4 Å². The zero-order valence-electron chi connectivity index (χ0n) is 8.32. The Balaban J connectivity index is 2.62. The van der Waals surface area contributed by atoms with Crippen LogP contribution in [0, 0.1) is 11.8 Å². The Bertz CT molecular complexity index is 224. The van der Waals surface area contributed by atoms with E-state index in [1.165, 1.54) is 0 Å². The Morgan fingerprint density at radius 3 is 2.36 bits per heavy atom. The molecule has 0 amide bonds. The maximum absolute atomic E-state index is 11.4. The maximum Gasteiger partial charge on any atom is 0.309 e. The molecule has 0 aromatic heterocycles. The van der Waals surface area contributed by atoms with Gasteiger partial charge in [0.15, 0.2) is 0 Å². The second kappa shape index (κ2) is 4.98. The summed E-state index contributed by atoms with van der Waals surface area (Å²) >= 11 is 0. The number of hydrogen-bond donors (Lipinski definition) is 0. The monoisotopic (exact) mass is 199 g/mol. The van der Waals surface area contributed by atoms with Crippen LogP contribution in [0.3, 0.4) is 0 Å². The van der Waals surface area contributed by atoms with Gasteiger partial charge < -0.3 is 14.6 Å². The summed E-state index contributed by atoms with van der Waals surface area (Å²) in [7, 11) is 0. The molecule has 2 atom stereocenters. The minimum atomic E-state index is -1.12. The summed E-state index contributed by atoms with van der Waals surface area (Å²) in [6.07, 6.45) is 2.89. The molecule has 4 heteroatoms. The van der Waals surface area contributed by atoms with Crippen molar-refractivity contribution in [1.82, 2.24) is 0 Å². The van der Waals surface area contributed by atoms with Gasteiger partial charge in [-0.25, -0.2) is 0 Å². The SMILES string of the molecule is CCOC(=O)[C@H]1CCCC[C@H]1C(=O)[O-]. The van der Waals surface area contributed by atoms with Crippen molar-refractivity contribution < 1.29 is 19.4 Å². The van der Waals surface area contributed by atoms with Crippen LogP contribution in [0.5, 0.6) is 0 Å². The lowest BCUT2D eigenvalue weighted by Crippen LogP contribution is -2.41. The minimum Gasteiger partial charge on any atom is -0.550 e. The van der Waals surface area contributed by atoms with Crippen molar-refractivity contribution in [2.75, 3.05) is 6.61 Å². The Labute approximate surface area is 83.2 Å². The summed E-state index contributed by atoms with van der Waals surface area (Å²) in [5.74, 6) is -2.65. The van der Waals surface area contributed by atoms with Gasteiger partial charge in [0.1, 0.15) is 0 Å². The first-order valence-corrected chi connectivity index (χ1v) is 5.04. The zero-order valence-corrected chi connectivity index (χ0v) is 8.32. The highest BCUT2D eigenvalue weighted by Gasteiger charge is 2.32. The van der Waals surface area contributed by atoms with E-state index in [0.717, 1.165) is 12.8 Å². The highest BCUT2D eigenvalue weighted by atomic mass is 16.5. The summed E-state index contributed by atoms with van der Waals surface area (Å²) in [4.78, 5) is 22.2. The molecule has 0 aliphatic heterocycles. The predicted molar refractivity (Wildman–Crippen MR) is 47.1 cm³/mol. The number of hydrogen-bond acceptors (Lipinski definition) is 4. The third kappa shape index (κ3) is 2.47. The lowest BCUT2D eigenvalue weighted by atomic mass is 9.79. The van der Waals surface area contributed by atoms with Crippen molar-refractivity contribution in [3.8, 4) is 0 Å². The molecule has 0 radical (unpaired) electrons. The van der Waals surface area contributed by atoms with Gasteiger partial charge in [0.25, 0.3) is 0 Å². The average molecular weight is 199 g/mol. The molecule has 1 rings (SSSR count). The third-order valence-electron chi connectivity index (χ3n) is 2.66. The van der Waals surface area contributed by atoms with E-state index >= 15 is 0 Å². The van der Waals surface area contributed by atoms with Gasteiger partial charge in [-0.15, -0.1) is 0 Å². The first kappa shape index (κ1) is 11.0. The number of carbonyl (C=O) groups excluding carboxylic acids is 2. The van der Waals surface area contributed by atoms with Gasteiger partial charge >= 0.3 is 5.97 Å².